The van der Waals surface area contributed by atoms with E-state index in [9.17, 15) is 0 Å². The highest BCUT2D eigenvalue weighted by Gasteiger charge is 2.26. The summed E-state index contributed by atoms with van der Waals surface area (Å²) < 4.78 is 0. The number of unbranched alkanes of at least 4 members (excludes halogenated alkanes) is 1. The highest BCUT2D eigenvalue weighted by Crippen LogP contribution is 2.34. The molecule has 0 saturated heterocycles. The Morgan fingerprint density at radius 1 is 0.944 bits per heavy atom. The molecule has 18 heavy (non-hydrogen) atoms. The van der Waals surface area contributed by atoms with Gasteiger partial charge in [-0.2, -0.15) is 0 Å². The van der Waals surface area contributed by atoms with Crippen LogP contribution in [-0.4, -0.2) is 13.1 Å². The summed E-state index contributed by atoms with van der Waals surface area (Å²) in [7, 11) is 0. The van der Waals surface area contributed by atoms with Gasteiger partial charge in [0.2, 0.25) is 0 Å². The van der Waals surface area contributed by atoms with Crippen LogP contribution in [0.5, 0.6) is 0 Å². The maximum absolute atomic E-state index is 3.67. The molecule has 0 radical (unpaired) electrons. The molecule has 0 aliphatic carbocycles. The minimum absolute atomic E-state index is 0.570. The standard InChI is InChI=1S/C17H37N/c1-6-9-12-17(8-3,15-18-14-7-2)13-10-11-16(4)5/h16,18H,6-15H2,1-5H3. The van der Waals surface area contributed by atoms with E-state index in [2.05, 4.69) is 39.9 Å². The van der Waals surface area contributed by atoms with Gasteiger partial charge in [-0.1, -0.05) is 60.3 Å². The summed E-state index contributed by atoms with van der Waals surface area (Å²) in [5, 5.41) is 3.67. The summed E-state index contributed by atoms with van der Waals surface area (Å²) in [4.78, 5) is 0. The number of hydrogen-bond acceptors (Lipinski definition) is 1. The van der Waals surface area contributed by atoms with E-state index in [-0.39, 0.29) is 0 Å². The molecule has 0 saturated carbocycles. The maximum Gasteiger partial charge on any atom is 0.000770 e. The summed E-state index contributed by atoms with van der Waals surface area (Å²) in [5.74, 6) is 0.856. The second kappa shape index (κ2) is 10.8. The molecular formula is C17H37N. The summed E-state index contributed by atoms with van der Waals surface area (Å²) in [6.45, 7) is 14.1. The van der Waals surface area contributed by atoms with Gasteiger partial charge in [0.15, 0.2) is 0 Å². The molecule has 0 heterocycles. The average Bonchev–Trinajstić information content (AvgIpc) is 2.35. The monoisotopic (exact) mass is 255 g/mol. The van der Waals surface area contributed by atoms with Crippen molar-refractivity contribution < 1.29 is 0 Å². The highest BCUT2D eigenvalue weighted by molar-refractivity contribution is 4.80. The lowest BCUT2D eigenvalue weighted by Crippen LogP contribution is -2.34. The van der Waals surface area contributed by atoms with E-state index in [1.54, 1.807) is 0 Å². The zero-order valence-electron chi connectivity index (χ0n) is 13.6. The van der Waals surface area contributed by atoms with Crippen LogP contribution in [0.3, 0.4) is 0 Å². The molecule has 0 aliphatic heterocycles. The molecule has 0 spiro atoms. The Morgan fingerprint density at radius 3 is 2.11 bits per heavy atom. The first-order chi connectivity index (χ1) is 8.60. The third-order valence-electron chi connectivity index (χ3n) is 4.23. The SMILES string of the molecule is CCCCC(CC)(CCCC(C)C)CNCCC. The van der Waals surface area contributed by atoms with Crippen LogP contribution >= 0.6 is 0 Å². The molecule has 0 aromatic carbocycles. The van der Waals surface area contributed by atoms with Crippen molar-refractivity contribution in [3.8, 4) is 0 Å². The highest BCUT2D eigenvalue weighted by atomic mass is 14.9. The molecule has 0 aliphatic rings. The summed E-state index contributed by atoms with van der Waals surface area (Å²) >= 11 is 0. The van der Waals surface area contributed by atoms with Crippen molar-refractivity contribution in [1.29, 1.82) is 0 Å². The Bertz CT molecular complexity index is 176. The van der Waals surface area contributed by atoms with Crippen LogP contribution in [0.4, 0.5) is 0 Å². The first-order valence-electron chi connectivity index (χ1n) is 8.31. The smallest absolute Gasteiger partial charge is 0.000770 e. The third-order valence-corrected chi connectivity index (χ3v) is 4.23. The fraction of sp³-hybridized carbons (Fsp3) is 1.00. The quantitative estimate of drug-likeness (QED) is 0.460. The van der Waals surface area contributed by atoms with Gasteiger partial charge in [0.1, 0.15) is 0 Å². The Balaban J connectivity index is 4.24. The number of nitrogens with one attached hydrogen (secondary N) is 1. The van der Waals surface area contributed by atoms with Gasteiger partial charge in [0.05, 0.1) is 0 Å². The average molecular weight is 255 g/mol. The van der Waals surface area contributed by atoms with Gasteiger partial charge < -0.3 is 5.32 Å². The van der Waals surface area contributed by atoms with E-state index in [4.69, 9.17) is 0 Å². The normalized spacial score (nSPS) is 15.0. The second-order valence-electron chi connectivity index (χ2n) is 6.42. The van der Waals surface area contributed by atoms with Crippen molar-refractivity contribution in [3.63, 3.8) is 0 Å². The number of hydrogen-bond donors (Lipinski definition) is 1. The van der Waals surface area contributed by atoms with Crippen LogP contribution in [0.2, 0.25) is 0 Å². The van der Waals surface area contributed by atoms with Crippen molar-refractivity contribution in [2.45, 2.75) is 86.0 Å². The van der Waals surface area contributed by atoms with Gasteiger partial charge >= 0.3 is 0 Å². The first-order valence-corrected chi connectivity index (χ1v) is 8.31. The van der Waals surface area contributed by atoms with Crippen molar-refractivity contribution >= 4 is 0 Å². The summed E-state index contributed by atoms with van der Waals surface area (Å²) in [6, 6.07) is 0. The maximum atomic E-state index is 3.67. The largest absolute Gasteiger partial charge is 0.316 e. The van der Waals surface area contributed by atoms with E-state index in [1.807, 2.05) is 0 Å². The fourth-order valence-electron chi connectivity index (χ4n) is 2.75. The lowest BCUT2D eigenvalue weighted by molar-refractivity contribution is 0.202. The van der Waals surface area contributed by atoms with Gasteiger partial charge in [-0.25, -0.2) is 0 Å². The van der Waals surface area contributed by atoms with E-state index in [0.29, 0.717) is 5.41 Å². The molecule has 0 amide bonds. The van der Waals surface area contributed by atoms with Crippen LogP contribution < -0.4 is 5.32 Å². The lowest BCUT2D eigenvalue weighted by atomic mass is 9.75. The minimum atomic E-state index is 0.570. The summed E-state index contributed by atoms with van der Waals surface area (Å²) in [6.07, 6.45) is 10.9. The Kier molecular flexibility index (Phi) is 10.8. The Hall–Kier alpha value is -0.0400. The van der Waals surface area contributed by atoms with Crippen molar-refractivity contribution in [2.75, 3.05) is 13.1 Å². The first kappa shape index (κ1) is 18.0. The molecule has 110 valence electrons. The molecule has 0 aromatic heterocycles. The third kappa shape index (κ3) is 8.13. The van der Waals surface area contributed by atoms with Crippen LogP contribution in [0.25, 0.3) is 0 Å². The number of rotatable bonds is 12. The van der Waals surface area contributed by atoms with Crippen LogP contribution in [0, 0.1) is 11.3 Å². The van der Waals surface area contributed by atoms with Gasteiger partial charge in [-0.3, -0.25) is 0 Å². The van der Waals surface area contributed by atoms with Gasteiger partial charge in [0, 0.05) is 6.54 Å². The predicted octanol–water partition coefficient (Wildman–Crippen LogP) is 5.40. The van der Waals surface area contributed by atoms with Gasteiger partial charge in [-0.15, -0.1) is 0 Å². The Labute approximate surface area is 116 Å². The Morgan fingerprint density at radius 2 is 1.61 bits per heavy atom. The molecule has 1 heteroatoms. The molecule has 0 fully saturated rings. The second-order valence-corrected chi connectivity index (χ2v) is 6.42. The molecule has 1 nitrogen and oxygen atoms in total. The molecule has 0 aromatic rings. The molecule has 0 rings (SSSR count). The van der Waals surface area contributed by atoms with E-state index >= 15 is 0 Å². The molecular weight excluding hydrogens is 218 g/mol. The van der Waals surface area contributed by atoms with Gasteiger partial charge in [0.25, 0.3) is 0 Å². The zero-order chi connectivity index (χ0) is 13.9. The molecule has 1 atom stereocenters. The van der Waals surface area contributed by atoms with Crippen molar-refractivity contribution in [3.05, 3.63) is 0 Å². The van der Waals surface area contributed by atoms with Crippen molar-refractivity contribution in [1.82, 2.24) is 5.32 Å². The summed E-state index contributed by atoms with van der Waals surface area (Å²) in [5.41, 5.74) is 0.570. The zero-order valence-corrected chi connectivity index (χ0v) is 13.6. The van der Waals surface area contributed by atoms with Crippen LogP contribution in [0.15, 0.2) is 0 Å². The van der Waals surface area contributed by atoms with E-state index < -0.39 is 0 Å². The van der Waals surface area contributed by atoms with Crippen LogP contribution in [-0.2, 0) is 0 Å². The minimum Gasteiger partial charge on any atom is -0.316 e. The molecule has 0 bridgehead atoms. The van der Waals surface area contributed by atoms with Gasteiger partial charge in [-0.05, 0) is 43.6 Å². The van der Waals surface area contributed by atoms with Crippen LogP contribution in [0.1, 0.15) is 86.0 Å². The lowest BCUT2D eigenvalue weighted by Gasteiger charge is -2.34. The van der Waals surface area contributed by atoms with E-state index in [1.165, 1.54) is 64.5 Å². The van der Waals surface area contributed by atoms with Crippen molar-refractivity contribution in [2.24, 2.45) is 11.3 Å². The topological polar surface area (TPSA) is 12.0 Å². The molecule has 1 N–H and O–H groups in total. The fourth-order valence-corrected chi connectivity index (χ4v) is 2.75. The van der Waals surface area contributed by atoms with E-state index in [0.717, 1.165) is 5.92 Å². The molecule has 1 unspecified atom stereocenters. The predicted molar refractivity (Wildman–Crippen MR) is 84.1 cm³/mol.